The third kappa shape index (κ3) is 6.90. The average molecular weight is 561 g/mol. The van der Waals surface area contributed by atoms with Gasteiger partial charge in [-0.2, -0.15) is 13.2 Å². The van der Waals surface area contributed by atoms with Gasteiger partial charge in [-0.25, -0.2) is 4.98 Å². The van der Waals surface area contributed by atoms with Gasteiger partial charge in [0.2, 0.25) is 0 Å². The molecular weight excluding hydrogens is 537 g/mol. The summed E-state index contributed by atoms with van der Waals surface area (Å²) in [5, 5.41) is 2.85. The van der Waals surface area contributed by atoms with Crippen LogP contribution in [0.2, 0.25) is 10.0 Å². The zero-order chi connectivity index (χ0) is 23.6. The molecule has 1 N–H and O–H groups in total. The summed E-state index contributed by atoms with van der Waals surface area (Å²) >= 11 is 12.2. The van der Waals surface area contributed by atoms with Crippen LogP contribution in [0, 0.1) is 0 Å². The summed E-state index contributed by atoms with van der Waals surface area (Å²) in [6.07, 6.45) is -3.16. The highest BCUT2D eigenvalue weighted by Gasteiger charge is 2.38. The third-order valence-corrected chi connectivity index (χ3v) is 5.43. The molecule has 0 saturated heterocycles. The van der Waals surface area contributed by atoms with E-state index < -0.39 is 17.8 Å². The lowest BCUT2D eigenvalue weighted by molar-refractivity contribution is -0.141. The third-order valence-electron chi connectivity index (χ3n) is 4.80. The lowest BCUT2D eigenvalue weighted by atomic mass is 10.2. The fourth-order valence-corrected chi connectivity index (χ4v) is 3.77. The molecule has 2 aromatic heterocycles. The number of nitrogens with one attached hydrogen (secondary N) is 1. The van der Waals surface area contributed by atoms with Crippen molar-refractivity contribution in [3.8, 4) is 0 Å². The number of hydrogen-bond donors (Lipinski definition) is 1. The number of nitrogens with zero attached hydrogens (tertiary/aromatic N) is 4. The van der Waals surface area contributed by atoms with Gasteiger partial charge in [0, 0.05) is 25.8 Å². The van der Waals surface area contributed by atoms with Gasteiger partial charge in [0.05, 0.1) is 27.0 Å². The van der Waals surface area contributed by atoms with Gasteiger partial charge in [-0.15, -0.1) is 24.8 Å². The van der Waals surface area contributed by atoms with E-state index in [2.05, 4.69) is 10.3 Å². The topological polar surface area (TPSA) is 52.9 Å². The molecule has 13 heteroatoms. The van der Waals surface area contributed by atoms with E-state index in [1.54, 1.807) is 24.1 Å². The number of carbonyl (C=O) groups is 1. The van der Waals surface area contributed by atoms with Crippen molar-refractivity contribution in [1.29, 1.82) is 0 Å². The van der Waals surface area contributed by atoms with Crippen LogP contribution in [0.15, 0.2) is 36.5 Å². The number of benzene rings is 1. The van der Waals surface area contributed by atoms with E-state index >= 15 is 0 Å². The maximum Gasteiger partial charge on any atom is 0.435 e. The van der Waals surface area contributed by atoms with Crippen LogP contribution in [-0.2, 0) is 12.7 Å². The van der Waals surface area contributed by atoms with Gasteiger partial charge < -0.3 is 14.6 Å². The highest BCUT2D eigenvalue weighted by molar-refractivity contribution is 6.40. The molecule has 0 aliphatic rings. The first-order valence-electron chi connectivity index (χ1n) is 9.64. The van der Waals surface area contributed by atoms with Crippen LogP contribution in [0.5, 0.6) is 0 Å². The Hall–Kier alpha value is -1.75. The minimum Gasteiger partial charge on any atom is -0.319 e. The highest BCUT2D eigenvalue weighted by atomic mass is 35.5. The average Bonchev–Trinajstić information content (AvgIpc) is 3.06. The molecule has 3 rings (SSSR count). The molecule has 0 aliphatic carbocycles. The number of anilines is 1. The van der Waals surface area contributed by atoms with Crippen LogP contribution in [0.3, 0.4) is 0 Å². The Morgan fingerprint density at radius 2 is 1.68 bits per heavy atom. The molecule has 1 aromatic carbocycles. The lowest BCUT2D eigenvalue weighted by Gasteiger charge is -2.20. The second-order valence-corrected chi connectivity index (χ2v) is 8.43. The van der Waals surface area contributed by atoms with E-state index in [4.69, 9.17) is 23.2 Å². The molecule has 2 heterocycles. The fraction of sp³-hybridized carbons (Fsp3) is 0.333. The fourth-order valence-electron chi connectivity index (χ4n) is 3.20. The number of alkyl halides is 3. The predicted molar refractivity (Wildman–Crippen MR) is 134 cm³/mol. The maximum absolute atomic E-state index is 13.8. The number of pyridine rings is 1. The number of halogens is 7. The largest absolute Gasteiger partial charge is 0.435 e. The first-order valence-corrected chi connectivity index (χ1v) is 10.4. The molecule has 0 bridgehead atoms. The van der Waals surface area contributed by atoms with Crippen LogP contribution in [-0.4, -0.2) is 59.3 Å². The van der Waals surface area contributed by atoms with Gasteiger partial charge in [0.15, 0.2) is 11.3 Å². The summed E-state index contributed by atoms with van der Waals surface area (Å²) in [5.41, 5.74) is -0.884. The molecule has 0 atom stereocenters. The van der Waals surface area contributed by atoms with Crippen LogP contribution >= 0.6 is 48.0 Å². The molecule has 0 aliphatic heterocycles. The molecule has 0 unspecified atom stereocenters. The Morgan fingerprint density at radius 1 is 1.06 bits per heavy atom. The van der Waals surface area contributed by atoms with Crippen LogP contribution in [0.25, 0.3) is 5.65 Å². The first kappa shape index (κ1) is 30.3. The molecule has 34 heavy (non-hydrogen) atoms. The molecule has 0 radical (unpaired) electrons. The molecule has 3 aromatic rings. The monoisotopic (exact) mass is 559 g/mol. The smallest absolute Gasteiger partial charge is 0.319 e. The van der Waals surface area contributed by atoms with Crippen molar-refractivity contribution >= 4 is 65.3 Å². The normalized spacial score (nSPS) is 11.5. The van der Waals surface area contributed by atoms with Crippen LogP contribution < -0.4 is 5.32 Å². The number of likely N-dealkylation sites (N-methyl/N-ethyl adjacent to an activating group) is 2. The van der Waals surface area contributed by atoms with Crippen LogP contribution in [0.1, 0.15) is 21.7 Å². The van der Waals surface area contributed by atoms with E-state index in [9.17, 15) is 18.0 Å². The SMILES string of the molecule is CN(C)CCN(C)Cc1c(C(F)(F)F)nc2c(NC(=O)c3c(Cl)cccc3Cl)cccn12.Cl.Cl. The van der Waals surface area contributed by atoms with Crippen molar-refractivity contribution in [3.63, 3.8) is 0 Å². The number of fused-ring (bicyclic) bond motifs is 1. The summed E-state index contributed by atoms with van der Waals surface area (Å²) in [4.78, 5) is 20.3. The van der Waals surface area contributed by atoms with Crippen LogP contribution in [0.4, 0.5) is 18.9 Å². The van der Waals surface area contributed by atoms with Gasteiger partial charge >= 0.3 is 6.18 Å². The molecule has 188 valence electrons. The number of carbonyl (C=O) groups excluding carboxylic acids is 1. The molecule has 0 spiro atoms. The maximum atomic E-state index is 13.8. The van der Waals surface area contributed by atoms with Crippen molar-refractivity contribution < 1.29 is 18.0 Å². The summed E-state index contributed by atoms with van der Waals surface area (Å²) < 4.78 is 42.7. The molecule has 1 amide bonds. The zero-order valence-electron chi connectivity index (χ0n) is 18.5. The van der Waals surface area contributed by atoms with Crippen molar-refractivity contribution in [3.05, 3.63) is 63.5 Å². The van der Waals surface area contributed by atoms with Crippen molar-refractivity contribution in [2.24, 2.45) is 0 Å². The van der Waals surface area contributed by atoms with Gasteiger partial charge in [0.1, 0.15) is 0 Å². The molecule has 6 nitrogen and oxygen atoms in total. The van der Waals surface area contributed by atoms with Crippen molar-refractivity contribution in [2.45, 2.75) is 12.7 Å². The number of amides is 1. The lowest BCUT2D eigenvalue weighted by Crippen LogP contribution is -2.29. The van der Waals surface area contributed by atoms with Gasteiger partial charge in [0.25, 0.3) is 5.91 Å². The molecule has 0 saturated carbocycles. The summed E-state index contributed by atoms with van der Waals surface area (Å²) in [6.45, 7) is 1.28. The van der Waals surface area contributed by atoms with Gasteiger partial charge in [-0.05, 0) is 45.4 Å². The van der Waals surface area contributed by atoms with Crippen molar-refractivity contribution in [1.82, 2.24) is 19.2 Å². The van der Waals surface area contributed by atoms with E-state index in [1.165, 1.54) is 28.8 Å². The van der Waals surface area contributed by atoms with Crippen molar-refractivity contribution in [2.75, 3.05) is 39.5 Å². The van der Waals surface area contributed by atoms with Gasteiger partial charge in [-0.3, -0.25) is 9.69 Å². The van der Waals surface area contributed by atoms with E-state index in [1.807, 2.05) is 19.0 Å². The van der Waals surface area contributed by atoms with E-state index in [0.717, 1.165) is 0 Å². The summed E-state index contributed by atoms with van der Waals surface area (Å²) in [5.74, 6) is -0.644. The summed E-state index contributed by atoms with van der Waals surface area (Å²) in [6, 6.07) is 7.61. The second kappa shape index (κ2) is 12.3. The van der Waals surface area contributed by atoms with E-state index in [-0.39, 0.29) is 64.0 Å². The standard InChI is InChI=1S/C21H22Cl2F3N5O.2ClH/c1-29(2)10-11-30(3)12-16-18(21(24,25)26)28-19-15(8-5-9-31(16)19)27-20(32)17-13(22)6-4-7-14(17)23;;/h4-9H,10-12H2,1-3H3,(H,27,32);2*1H. The second-order valence-electron chi connectivity index (χ2n) is 7.61. The Balaban J connectivity index is 0.00000289. The Morgan fingerprint density at radius 3 is 2.24 bits per heavy atom. The number of aromatic nitrogens is 2. The Kier molecular flexibility index (Phi) is 10.9. The number of rotatable bonds is 7. The number of imidazole rings is 1. The Bertz CT molecular complexity index is 1120. The minimum absolute atomic E-state index is 0. The molecule has 0 fully saturated rings. The number of hydrogen-bond acceptors (Lipinski definition) is 4. The summed E-state index contributed by atoms with van der Waals surface area (Å²) in [7, 11) is 5.53. The molecular formula is C21H24Cl4F3N5O. The minimum atomic E-state index is -4.66. The van der Waals surface area contributed by atoms with E-state index in [0.29, 0.717) is 13.1 Å². The Labute approximate surface area is 217 Å². The highest BCUT2D eigenvalue weighted by Crippen LogP contribution is 2.34. The first-order chi connectivity index (χ1) is 15.0. The van der Waals surface area contributed by atoms with Gasteiger partial charge in [-0.1, -0.05) is 29.3 Å². The quantitative estimate of drug-likeness (QED) is 0.400. The zero-order valence-corrected chi connectivity index (χ0v) is 21.6. The predicted octanol–water partition coefficient (Wildman–Crippen LogP) is 5.75.